The molecule has 1 aromatic rings. The van der Waals surface area contributed by atoms with Gasteiger partial charge < -0.3 is 5.11 Å². The van der Waals surface area contributed by atoms with Crippen molar-refractivity contribution in [1.29, 1.82) is 5.26 Å². The highest BCUT2D eigenvalue weighted by atomic mass is 16.4. The van der Waals surface area contributed by atoms with Crippen LogP contribution in [0.15, 0.2) is 24.3 Å². The van der Waals surface area contributed by atoms with E-state index in [0.717, 1.165) is 11.1 Å². The quantitative estimate of drug-likeness (QED) is 0.790. The molecule has 3 nitrogen and oxygen atoms in total. The molecule has 0 aliphatic carbocycles. The third-order valence-corrected chi connectivity index (χ3v) is 2.13. The summed E-state index contributed by atoms with van der Waals surface area (Å²) in [6.07, 6.45) is 0.363. The van der Waals surface area contributed by atoms with Gasteiger partial charge in [0.15, 0.2) is 0 Å². The molecular weight excluding hydrogens is 178 g/mol. The van der Waals surface area contributed by atoms with Crippen molar-refractivity contribution in [3.05, 3.63) is 35.4 Å². The Kier molecular flexibility index (Phi) is 3.24. The molecule has 0 spiro atoms. The van der Waals surface area contributed by atoms with Crippen LogP contribution in [0.25, 0.3) is 0 Å². The Morgan fingerprint density at radius 3 is 2.50 bits per heavy atom. The molecule has 0 saturated heterocycles. The van der Waals surface area contributed by atoms with E-state index in [1.165, 1.54) is 0 Å². The van der Waals surface area contributed by atoms with Crippen molar-refractivity contribution >= 4 is 5.97 Å². The Hall–Kier alpha value is -1.82. The van der Waals surface area contributed by atoms with E-state index in [4.69, 9.17) is 10.4 Å². The molecule has 14 heavy (non-hydrogen) atoms. The van der Waals surface area contributed by atoms with Crippen LogP contribution in [-0.4, -0.2) is 11.1 Å². The normalized spacial score (nSPS) is 11.7. The maximum atomic E-state index is 10.7. The highest BCUT2D eigenvalue weighted by Gasteiger charge is 2.12. The fourth-order valence-corrected chi connectivity index (χ4v) is 1.16. The standard InChI is InChI=1S/C11H11NO2/c1-8(11(13)14)10-4-2-9(3-5-10)6-7-12/h2-5,8H,6H2,1H3,(H,13,14). The zero-order chi connectivity index (χ0) is 10.6. The predicted molar refractivity (Wildman–Crippen MR) is 51.8 cm³/mol. The summed E-state index contributed by atoms with van der Waals surface area (Å²) in [6, 6.07) is 9.13. The lowest BCUT2D eigenvalue weighted by atomic mass is 9.99. The zero-order valence-electron chi connectivity index (χ0n) is 7.90. The molecular formula is C11H11NO2. The monoisotopic (exact) mass is 189 g/mol. The fourth-order valence-electron chi connectivity index (χ4n) is 1.16. The van der Waals surface area contributed by atoms with E-state index in [1.807, 2.05) is 6.07 Å². The summed E-state index contributed by atoms with van der Waals surface area (Å²) < 4.78 is 0. The summed E-state index contributed by atoms with van der Waals surface area (Å²) in [5.41, 5.74) is 1.67. The number of hydrogen-bond donors (Lipinski definition) is 1. The van der Waals surface area contributed by atoms with Crippen molar-refractivity contribution in [3.8, 4) is 6.07 Å². The van der Waals surface area contributed by atoms with Gasteiger partial charge in [0.1, 0.15) is 0 Å². The molecule has 1 rings (SSSR count). The van der Waals surface area contributed by atoms with Crippen molar-refractivity contribution in [2.75, 3.05) is 0 Å². The predicted octanol–water partition coefficient (Wildman–Crippen LogP) is 1.94. The fraction of sp³-hybridized carbons (Fsp3) is 0.273. The first-order chi connectivity index (χ1) is 6.65. The van der Waals surface area contributed by atoms with Gasteiger partial charge >= 0.3 is 5.97 Å². The number of rotatable bonds is 3. The second-order valence-corrected chi connectivity index (χ2v) is 3.14. The van der Waals surface area contributed by atoms with Crippen molar-refractivity contribution in [3.63, 3.8) is 0 Å². The SMILES string of the molecule is CC(C(=O)O)c1ccc(CC#N)cc1. The van der Waals surface area contributed by atoms with Gasteiger partial charge in [0.05, 0.1) is 18.4 Å². The average molecular weight is 189 g/mol. The number of hydrogen-bond acceptors (Lipinski definition) is 2. The largest absolute Gasteiger partial charge is 0.481 e. The number of carbonyl (C=O) groups is 1. The van der Waals surface area contributed by atoms with Crippen LogP contribution in [0.5, 0.6) is 0 Å². The molecule has 0 amide bonds. The second kappa shape index (κ2) is 4.43. The van der Waals surface area contributed by atoms with E-state index in [2.05, 4.69) is 0 Å². The summed E-state index contributed by atoms with van der Waals surface area (Å²) in [4.78, 5) is 10.7. The van der Waals surface area contributed by atoms with E-state index in [-0.39, 0.29) is 0 Å². The van der Waals surface area contributed by atoms with Gasteiger partial charge in [0.25, 0.3) is 0 Å². The Labute approximate surface area is 82.6 Å². The summed E-state index contributed by atoms with van der Waals surface area (Å²) in [5.74, 6) is -1.33. The number of nitriles is 1. The van der Waals surface area contributed by atoms with Gasteiger partial charge in [-0.25, -0.2) is 0 Å². The lowest BCUT2D eigenvalue weighted by Gasteiger charge is -2.06. The molecule has 1 N–H and O–H groups in total. The number of carboxylic acids is 1. The lowest BCUT2D eigenvalue weighted by Crippen LogP contribution is -2.07. The van der Waals surface area contributed by atoms with Gasteiger partial charge in [-0.05, 0) is 18.1 Å². The molecule has 3 heteroatoms. The van der Waals surface area contributed by atoms with Crippen LogP contribution in [0.1, 0.15) is 24.0 Å². The Bertz CT molecular complexity index is 362. The van der Waals surface area contributed by atoms with Gasteiger partial charge in [0.2, 0.25) is 0 Å². The Morgan fingerprint density at radius 1 is 1.50 bits per heavy atom. The highest BCUT2D eigenvalue weighted by Crippen LogP contribution is 2.15. The summed E-state index contributed by atoms with van der Waals surface area (Å²) in [7, 11) is 0. The van der Waals surface area contributed by atoms with E-state index >= 15 is 0 Å². The van der Waals surface area contributed by atoms with Gasteiger partial charge in [-0.3, -0.25) is 4.79 Å². The zero-order valence-corrected chi connectivity index (χ0v) is 7.90. The van der Waals surface area contributed by atoms with Gasteiger partial charge in [-0.15, -0.1) is 0 Å². The van der Waals surface area contributed by atoms with Crippen molar-refractivity contribution in [2.24, 2.45) is 0 Å². The van der Waals surface area contributed by atoms with Crippen LogP contribution >= 0.6 is 0 Å². The molecule has 0 fully saturated rings. The first kappa shape index (κ1) is 10.3. The summed E-state index contributed by atoms with van der Waals surface area (Å²) in [6.45, 7) is 1.64. The third kappa shape index (κ3) is 2.33. The number of aliphatic carboxylic acids is 1. The molecule has 0 bridgehead atoms. The van der Waals surface area contributed by atoms with Crippen LogP contribution in [0.2, 0.25) is 0 Å². The maximum absolute atomic E-state index is 10.7. The number of benzene rings is 1. The molecule has 0 aliphatic heterocycles. The van der Waals surface area contributed by atoms with Gasteiger partial charge in [-0.2, -0.15) is 5.26 Å². The first-order valence-corrected chi connectivity index (χ1v) is 4.33. The second-order valence-electron chi connectivity index (χ2n) is 3.14. The number of nitrogens with zero attached hydrogens (tertiary/aromatic N) is 1. The maximum Gasteiger partial charge on any atom is 0.310 e. The Balaban J connectivity index is 2.84. The van der Waals surface area contributed by atoms with Crippen LogP contribution in [-0.2, 0) is 11.2 Å². The molecule has 1 aromatic carbocycles. The van der Waals surface area contributed by atoms with E-state index in [1.54, 1.807) is 31.2 Å². The van der Waals surface area contributed by atoms with E-state index in [0.29, 0.717) is 6.42 Å². The summed E-state index contributed by atoms with van der Waals surface area (Å²) in [5, 5.41) is 17.2. The molecule has 0 radical (unpaired) electrons. The molecule has 0 saturated carbocycles. The number of carboxylic acid groups (broad SMARTS) is 1. The van der Waals surface area contributed by atoms with Crippen molar-refractivity contribution in [2.45, 2.75) is 19.3 Å². The van der Waals surface area contributed by atoms with E-state index < -0.39 is 11.9 Å². The van der Waals surface area contributed by atoms with Crippen LogP contribution in [0.3, 0.4) is 0 Å². The van der Waals surface area contributed by atoms with Gasteiger partial charge in [0, 0.05) is 0 Å². The molecule has 1 unspecified atom stereocenters. The highest BCUT2D eigenvalue weighted by molar-refractivity contribution is 5.75. The molecule has 72 valence electrons. The summed E-state index contributed by atoms with van der Waals surface area (Å²) >= 11 is 0. The van der Waals surface area contributed by atoms with Crippen LogP contribution < -0.4 is 0 Å². The van der Waals surface area contributed by atoms with Crippen LogP contribution in [0.4, 0.5) is 0 Å². The van der Waals surface area contributed by atoms with Crippen molar-refractivity contribution in [1.82, 2.24) is 0 Å². The molecule has 0 aliphatic rings. The lowest BCUT2D eigenvalue weighted by molar-refractivity contribution is -0.138. The Morgan fingerprint density at radius 2 is 2.07 bits per heavy atom. The first-order valence-electron chi connectivity index (χ1n) is 4.33. The van der Waals surface area contributed by atoms with Crippen LogP contribution in [0, 0.1) is 11.3 Å². The van der Waals surface area contributed by atoms with E-state index in [9.17, 15) is 4.79 Å². The minimum Gasteiger partial charge on any atom is -0.481 e. The third-order valence-electron chi connectivity index (χ3n) is 2.13. The minimum absolute atomic E-state index is 0.363. The minimum atomic E-state index is -0.835. The molecule has 0 aromatic heterocycles. The van der Waals surface area contributed by atoms with Gasteiger partial charge in [-0.1, -0.05) is 24.3 Å². The topological polar surface area (TPSA) is 61.1 Å². The average Bonchev–Trinajstić information content (AvgIpc) is 2.18. The molecule has 0 heterocycles. The molecule has 1 atom stereocenters. The smallest absolute Gasteiger partial charge is 0.310 e. The van der Waals surface area contributed by atoms with Crippen molar-refractivity contribution < 1.29 is 9.90 Å².